The van der Waals surface area contributed by atoms with Crippen LogP contribution in [0.4, 0.5) is 4.39 Å². The van der Waals surface area contributed by atoms with Crippen molar-refractivity contribution in [2.75, 3.05) is 13.1 Å². The van der Waals surface area contributed by atoms with Crippen molar-refractivity contribution in [3.63, 3.8) is 0 Å². The lowest BCUT2D eigenvalue weighted by Gasteiger charge is -2.22. The largest absolute Gasteiger partial charge is 0.325 e. The lowest BCUT2D eigenvalue weighted by molar-refractivity contribution is 0.233. The molecule has 0 radical (unpaired) electrons. The molecule has 0 aromatic heterocycles. The van der Waals surface area contributed by atoms with Gasteiger partial charge in [0.25, 0.3) is 0 Å². The maximum Gasteiger partial charge on any atom is 0.128 e. The highest BCUT2D eigenvalue weighted by atomic mass is 19.1. The van der Waals surface area contributed by atoms with Gasteiger partial charge in [-0.05, 0) is 13.0 Å². The number of alkyl halides is 1. The molecular formula is C5H11FN2. The normalized spacial score (nSPS) is 39.8. The maximum atomic E-state index is 12.4. The van der Waals surface area contributed by atoms with E-state index in [0.717, 1.165) is 13.0 Å². The molecule has 1 heterocycles. The van der Waals surface area contributed by atoms with E-state index in [-0.39, 0.29) is 6.04 Å². The van der Waals surface area contributed by atoms with Crippen molar-refractivity contribution in [1.82, 2.24) is 5.32 Å². The molecule has 0 saturated carbocycles. The van der Waals surface area contributed by atoms with E-state index in [2.05, 4.69) is 5.32 Å². The van der Waals surface area contributed by atoms with Gasteiger partial charge in [-0.3, -0.25) is 0 Å². The van der Waals surface area contributed by atoms with E-state index in [0.29, 0.717) is 6.54 Å². The van der Waals surface area contributed by atoms with Crippen molar-refractivity contribution in [3.8, 4) is 0 Å². The zero-order valence-corrected chi connectivity index (χ0v) is 4.73. The van der Waals surface area contributed by atoms with Crippen LogP contribution in [0.2, 0.25) is 0 Å². The van der Waals surface area contributed by atoms with Gasteiger partial charge >= 0.3 is 0 Å². The van der Waals surface area contributed by atoms with Gasteiger partial charge in [-0.25, -0.2) is 4.39 Å². The molecule has 1 aliphatic rings. The van der Waals surface area contributed by atoms with Gasteiger partial charge in [0.1, 0.15) is 6.17 Å². The van der Waals surface area contributed by atoms with Crippen LogP contribution in [0.1, 0.15) is 6.42 Å². The van der Waals surface area contributed by atoms with E-state index < -0.39 is 6.17 Å². The lowest BCUT2D eigenvalue weighted by atomic mass is 10.1. The number of nitrogens with one attached hydrogen (secondary N) is 1. The zero-order chi connectivity index (χ0) is 5.98. The smallest absolute Gasteiger partial charge is 0.128 e. The Hall–Kier alpha value is -0.150. The van der Waals surface area contributed by atoms with E-state index >= 15 is 0 Å². The molecule has 2 atom stereocenters. The van der Waals surface area contributed by atoms with Crippen molar-refractivity contribution in [2.45, 2.75) is 18.6 Å². The first kappa shape index (κ1) is 5.98. The summed E-state index contributed by atoms with van der Waals surface area (Å²) >= 11 is 0. The molecule has 1 saturated heterocycles. The summed E-state index contributed by atoms with van der Waals surface area (Å²) in [5.74, 6) is 0. The van der Waals surface area contributed by atoms with E-state index in [1.807, 2.05) is 0 Å². The van der Waals surface area contributed by atoms with Gasteiger partial charge in [-0.15, -0.1) is 0 Å². The van der Waals surface area contributed by atoms with Gasteiger partial charge in [0.05, 0.1) is 0 Å². The second-order valence-corrected chi connectivity index (χ2v) is 2.17. The molecule has 0 aliphatic carbocycles. The third-order valence-corrected chi connectivity index (χ3v) is 1.46. The van der Waals surface area contributed by atoms with Gasteiger partial charge in [0.15, 0.2) is 0 Å². The Kier molecular flexibility index (Phi) is 1.81. The average Bonchev–Trinajstić information content (AvgIpc) is 1.77. The van der Waals surface area contributed by atoms with Crippen molar-refractivity contribution in [2.24, 2.45) is 5.73 Å². The lowest BCUT2D eigenvalue weighted by Crippen LogP contribution is -2.46. The van der Waals surface area contributed by atoms with Gasteiger partial charge in [0.2, 0.25) is 0 Å². The van der Waals surface area contributed by atoms with Gasteiger partial charge in [0, 0.05) is 12.6 Å². The number of piperidine rings is 1. The molecule has 3 N–H and O–H groups in total. The van der Waals surface area contributed by atoms with Crippen LogP contribution in [-0.2, 0) is 0 Å². The Morgan fingerprint density at radius 1 is 1.62 bits per heavy atom. The molecule has 1 fully saturated rings. The van der Waals surface area contributed by atoms with Gasteiger partial charge < -0.3 is 11.1 Å². The molecule has 3 heteroatoms. The minimum absolute atomic E-state index is 0.226. The van der Waals surface area contributed by atoms with Crippen molar-refractivity contribution in [1.29, 1.82) is 0 Å². The quantitative estimate of drug-likeness (QED) is 0.456. The second kappa shape index (κ2) is 2.42. The minimum atomic E-state index is -0.830. The Morgan fingerprint density at radius 2 is 2.38 bits per heavy atom. The Bertz CT molecular complexity index is 66.8. The summed E-state index contributed by atoms with van der Waals surface area (Å²) in [4.78, 5) is 0. The number of rotatable bonds is 0. The third kappa shape index (κ3) is 1.17. The topological polar surface area (TPSA) is 38.0 Å². The molecular weight excluding hydrogens is 107 g/mol. The molecule has 0 amide bonds. The summed E-state index contributed by atoms with van der Waals surface area (Å²) in [6.45, 7) is 1.29. The van der Waals surface area contributed by atoms with Crippen LogP contribution in [0.15, 0.2) is 0 Å². The van der Waals surface area contributed by atoms with Crippen LogP contribution in [-0.4, -0.2) is 25.3 Å². The Labute approximate surface area is 48.2 Å². The fraction of sp³-hybridized carbons (Fsp3) is 1.00. The van der Waals surface area contributed by atoms with Crippen LogP contribution in [0, 0.1) is 0 Å². The molecule has 0 aromatic rings. The number of nitrogens with two attached hydrogens (primary N) is 1. The van der Waals surface area contributed by atoms with E-state index in [9.17, 15) is 4.39 Å². The first-order chi connectivity index (χ1) is 3.80. The van der Waals surface area contributed by atoms with Crippen LogP contribution >= 0.6 is 0 Å². The van der Waals surface area contributed by atoms with Crippen molar-refractivity contribution in [3.05, 3.63) is 0 Å². The monoisotopic (exact) mass is 118 g/mol. The average molecular weight is 118 g/mol. The zero-order valence-electron chi connectivity index (χ0n) is 4.73. The summed E-state index contributed by atoms with van der Waals surface area (Å²) in [7, 11) is 0. The summed E-state index contributed by atoms with van der Waals surface area (Å²) in [6.07, 6.45) is -0.0648. The summed E-state index contributed by atoms with van der Waals surface area (Å²) < 4.78 is 12.4. The van der Waals surface area contributed by atoms with Crippen molar-refractivity contribution < 1.29 is 4.39 Å². The number of hydrogen-bond donors (Lipinski definition) is 2. The highest BCUT2D eigenvalue weighted by Gasteiger charge is 2.19. The van der Waals surface area contributed by atoms with E-state index in [4.69, 9.17) is 5.73 Å². The molecule has 0 spiro atoms. The summed E-state index contributed by atoms with van der Waals surface area (Å²) in [5, 5.41) is 2.91. The molecule has 0 aromatic carbocycles. The highest BCUT2D eigenvalue weighted by molar-refractivity contribution is 4.79. The van der Waals surface area contributed by atoms with Crippen LogP contribution in [0.3, 0.4) is 0 Å². The maximum absolute atomic E-state index is 12.4. The first-order valence-electron chi connectivity index (χ1n) is 2.91. The summed E-state index contributed by atoms with van der Waals surface area (Å²) in [6, 6.07) is -0.226. The standard InChI is InChI=1S/C5H11FN2/c6-4-3-8-2-1-5(4)7/h4-5,8H,1-3,7H2/t4-,5?/m0/s1. The predicted octanol–water partition coefficient (Wildman–Crippen LogP) is -0.355. The molecule has 0 bridgehead atoms. The Morgan fingerprint density at radius 3 is 2.75 bits per heavy atom. The second-order valence-electron chi connectivity index (χ2n) is 2.17. The SMILES string of the molecule is NC1CCNC[C@@H]1F. The van der Waals surface area contributed by atoms with E-state index in [1.54, 1.807) is 0 Å². The third-order valence-electron chi connectivity index (χ3n) is 1.46. The van der Waals surface area contributed by atoms with Crippen LogP contribution in [0.25, 0.3) is 0 Å². The highest BCUT2D eigenvalue weighted by Crippen LogP contribution is 2.03. The molecule has 8 heavy (non-hydrogen) atoms. The van der Waals surface area contributed by atoms with Gasteiger partial charge in [-0.1, -0.05) is 0 Å². The molecule has 48 valence electrons. The fourth-order valence-electron chi connectivity index (χ4n) is 0.841. The molecule has 1 unspecified atom stereocenters. The molecule has 2 nitrogen and oxygen atoms in total. The number of hydrogen-bond acceptors (Lipinski definition) is 2. The molecule has 1 rings (SSSR count). The van der Waals surface area contributed by atoms with Crippen molar-refractivity contribution >= 4 is 0 Å². The number of halogens is 1. The minimum Gasteiger partial charge on any atom is -0.325 e. The van der Waals surface area contributed by atoms with Gasteiger partial charge in [-0.2, -0.15) is 0 Å². The fourth-order valence-corrected chi connectivity index (χ4v) is 0.841. The first-order valence-corrected chi connectivity index (χ1v) is 2.91. The van der Waals surface area contributed by atoms with Crippen LogP contribution in [0.5, 0.6) is 0 Å². The van der Waals surface area contributed by atoms with Crippen LogP contribution < -0.4 is 11.1 Å². The summed E-state index contributed by atoms with van der Waals surface area (Å²) in [5.41, 5.74) is 5.36. The Balaban J connectivity index is 2.28. The predicted molar refractivity (Wildman–Crippen MR) is 30.4 cm³/mol. The molecule has 1 aliphatic heterocycles. The van der Waals surface area contributed by atoms with E-state index in [1.165, 1.54) is 0 Å².